The van der Waals surface area contributed by atoms with E-state index in [2.05, 4.69) is 0 Å². The summed E-state index contributed by atoms with van der Waals surface area (Å²) in [5.74, 6) is -1.31. The lowest BCUT2D eigenvalue weighted by molar-refractivity contribution is -0.141. The molecule has 1 N–H and O–H groups in total. The van der Waals surface area contributed by atoms with Gasteiger partial charge in [0, 0.05) is 0 Å². The van der Waals surface area contributed by atoms with Crippen molar-refractivity contribution in [1.29, 1.82) is 0 Å². The first-order valence-corrected chi connectivity index (χ1v) is 3.43. The minimum absolute atomic E-state index is 0.183. The Labute approximate surface area is 59.0 Å². The normalized spacial score (nSPS) is 40.0. The van der Waals surface area contributed by atoms with Gasteiger partial charge >= 0.3 is 5.97 Å². The van der Waals surface area contributed by atoms with Crippen LogP contribution >= 0.6 is 0 Å². The summed E-state index contributed by atoms with van der Waals surface area (Å²) < 4.78 is 13.0. The zero-order valence-corrected chi connectivity index (χ0v) is 5.93. The van der Waals surface area contributed by atoms with Gasteiger partial charge in [-0.3, -0.25) is 4.79 Å². The third-order valence-corrected chi connectivity index (χ3v) is 2.04. The second-order valence-electron chi connectivity index (χ2n) is 3.19. The average molecular weight is 146 g/mol. The van der Waals surface area contributed by atoms with E-state index in [0.29, 0.717) is 12.8 Å². The molecule has 0 aromatic heterocycles. The fourth-order valence-corrected chi connectivity index (χ4v) is 1.40. The molecule has 0 aliphatic heterocycles. The summed E-state index contributed by atoms with van der Waals surface area (Å²) in [5, 5.41) is 8.48. The fourth-order valence-electron chi connectivity index (χ4n) is 1.40. The lowest BCUT2D eigenvalue weighted by atomic mass is 10.1. The van der Waals surface area contributed by atoms with Crippen molar-refractivity contribution < 1.29 is 14.3 Å². The fraction of sp³-hybridized carbons (Fsp3) is 0.857. The van der Waals surface area contributed by atoms with Crippen LogP contribution in [0.3, 0.4) is 0 Å². The molecule has 0 bridgehead atoms. The molecule has 0 saturated heterocycles. The number of aliphatic carboxylic acids is 1. The first-order valence-electron chi connectivity index (χ1n) is 3.43. The van der Waals surface area contributed by atoms with Crippen molar-refractivity contribution in [2.75, 3.05) is 0 Å². The Hall–Kier alpha value is -0.600. The highest BCUT2D eigenvalue weighted by molar-refractivity contribution is 5.70. The Morgan fingerprint density at radius 1 is 1.80 bits per heavy atom. The van der Waals surface area contributed by atoms with Gasteiger partial charge in [-0.05, 0) is 26.2 Å². The van der Waals surface area contributed by atoms with Gasteiger partial charge in [0.2, 0.25) is 0 Å². The number of halogens is 1. The van der Waals surface area contributed by atoms with Crippen molar-refractivity contribution in [2.24, 2.45) is 5.92 Å². The maximum absolute atomic E-state index is 13.0. The highest BCUT2D eigenvalue weighted by atomic mass is 19.1. The Kier molecular flexibility index (Phi) is 1.67. The summed E-state index contributed by atoms with van der Waals surface area (Å²) in [6.45, 7) is 1.47. The van der Waals surface area contributed by atoms with E-state index < -0.39 is 17.6 Å². The molecule has 10 heavy (non-hydrogen) atoms. The van der Waals surface area contributed by atoms with Gasteiger partial charge in [-0.25, -0.2) is 4.39 Å². The second kappa shape index (κ2) is 2.22. The van der Waals surface area contributed by atoms with Crippen molar-refractivity contribution in [3.63, 3.8) is 0 Å². The van der Waals surface area contributed by atoms with Crippen molar-refractivity contribution in [3.8, 4) is 0 Å². The molecule has 3 heteroatoms. The van der Waals surface area contributed by atoms with Crippen LogP contribution in [0.4, 0.5) is 4.39 Å². The number of carboxylic acids is 1. The van der Waals surface area contributed by atoms with E-state index in [4.69, 9.17) is 5.11 Å². The quantitative estimate of drug-likeness (QED) is 0.610. The smallest absolute Gasteiger partial charge is 0.306 e. The average Bonchev–Trinajstić information content (AvgIpc) is 2.10. The minimum atomic E-state index is -1.23. The van der Waals surface area contributed by atoms with Gasteiger partial charge in [-0.2, -0.15) is 0 Å². The van der Waals surface area contributed by atoms with Crippen LogP contribution in [0.25, 0.3) is 0 Å². The van der Waals surface area contributed by atoms with E-state index in [0.717, 1.165) is 0 Å². The zero-order chi connectivity index (χ0) is 7.78. The van der Waals surface area contributed by atoms with E-state index in [1.807, 2.05) is 0 Å². The van der Waals surface area contributed by atoms with Crippen LogP contribution in [-0.2, 0) is 4.79 Å². The van der Waals surface area contributed by atoms with Crippen molar-refractivity contribution in [2.45, 2.75) is 31.9 Å². The highest BCUT2D eigenvalue weighted by Crippen LogP contribution is 2.37. The number of rotatable bonds is 1. The number of alkyl halides is 1. The topological polar surface area (TPSA) is 37.3 Å². The van der Waals surface area contributed by atoms with Crippen LogP contribution < -0.4 is 0 Å². The molecule has 2 unspecified atom stereocenters. The Morgan fingerprint density at radius 2 is 2.40 bits per heavy atom. The van der Waals surface area contributed by atoms with Crippen LogP contribution in [0, 0.1) is 5.92 Å². The number of hydrogen-bond donors (Lipinski definition) is 1. The molecule has 1 aliphatic rings. The van der Waals surface area contributed by atoms with Crippen LogP contribution in [0.15, 0.2) is 0 Å². The molecule has 1 rings (SSSR count). The van der Waals surface area contributed by atoms with Crippen LogP contribution in [-0.4, -0.2) is 16.7 Å². The molecule has 58 valence electrons. The molecule has 2 nitrogen and oxygen atoms in total. The van der Waals surface area contributed by atoms with E-state index in [1.54, 1.807) is 0 Å². The monoisotopic (exact) mass is 146 g/mol. The zero-order valence-electron chi connectivity index (χ0n) is 5.93. The van der Waals surface area contributed by atoms with Gasteiger partial charge in [0.25, 0.3) is 0 Å². The molecule has 0 radical (unpaired) electrons. The predicted octanol–water partition coefficient (Wildman–Crippen LogP) is 1.60. The first-order chi connectivity index (χ1) is 4.51. The standard InChI is InChI=1S/C7H11FO2/c1-7(8)3-2-5(4-7)6(9)10/h5H,2-4H2,1H3,(H,9,10). The molecule has 0 heterocycles. The first kappa shape index (κ1) is 7.51. The van der Waals surface area contributed by atoms with Crippen molar-refractivity contribution in [1.82, 2.24) is 0 Å². The maximum Gasteiger partial charge on any atom is 0.306 e. The Balaban J connectivity index is 2.51. The highest BCUT2D eigenvalue weighted by Gasteiger charge is 2.38. The summed E-state index contributed by atoms with van der Waals surface area (Å²) in [7, 11) is 0. The lowest BCUT2D eigenvalue weighted by Gasteiger charge is -2.10. The molecule has 2 atom stereocenters. The number of hydrogen-bond acceptors (Lipinski definition) is 1. The molecule has 1 saturated carbocycles. The summed E-state index contributed by atoms with van der Waals surface area (Å²) in [4.78, 5) is 10.3. The summed E-state index contributed by atoms with van der Waals surface area (Å²) in [5.41, 5.74) is -1.23. The molecule has 0 amide bonds. The number of carboxylic acid groups (broad SMARTS) is 1. The van der Waals surface area contributed by atoms with Crippen molar-refractivity contribution >= 4 is 5.97 Å². The van der Waals surface area contributed by atoms with Crippen LogP contribution in [0.1, 0.15) is 26.2 Å². The van der Waals surface area contributed by atoms with E-state index >= 15 is 0 Å². The molecular weight excluding hydrogens is 135 g/mol. The molecule has 0 spiro atoms. The van der Waals surface area contributed by atoms with Gasteiger partial charge < -0.3 is 5.11 Å². The van der Waals surface area contributed by atoms with Crippen LogP contribution in [0.5, 0.6) is 0 Å². The molecule has 0 aromatic carbocycles. The Morgan fingerprint density at radius 3 is 2.60 bits per heavy atom. The molecule has 1 fully saturated rings. The van der Waals surface area contributed by atoms with Gasteiger partial charge in [0.15, 0.2) is 0 Å². The minimum Gasteiger partial charge on any atom is -0.481 e. The largest absolute Gasteiger partial charge is 0.481 e. The predicted molar refractivity (Wildman–Crippen MR) is 34.5 cm³/mol. The molecule has 1 aliphatic carbocycles. The summed E-state index contributed by atoms with van der Waals surface area (Å²) >= 11 is 0. The van der Waals surface area contributed by atoms with Crippen molar-refractivity contribution in [3.05, 3.63) is 0 Å². The maximum atomic E-state index is 13.0. The third kappa shape index (κ3) is 1.46. The van der Waals surface area contributed by atoms with E-state index in [1.165, 1.54) is 6.92 Å². The summed E-state index contributed by atoms with van der Waals surface area (Å²) in [6.07, 6.45) is 1.06. The van der Waals surface area contributed by atoms with Gasteiger partial charge in [0.05, 0.1) is 5.92 Å². The molecular formula is C7H11FO2. The lowest BCUT2D eigenvalue weighted by Crippen LogP contribution is -2.15. The van der Waals surface area contributed by atoms with Gasteiger partial charge in [-0.15, -0.1) is 0 Å². The SMILES string of the molecule is CC1(F)CCC(C(=O)O)C1. The Bertz CT molecular complexity index is 154. The van der Waals surface area contributed by atoms with Crippen LogP contribution in [0.2, 0.25) is 0 Å². The summed E-state index contributed by atoms with van der Waals surface area (Å²) in [6, 6.07) is 0. The third-order valence-electron chi connectivity index (χ3n) is 2.04. The van der Waals surface area contributed by atoms with Gasteiger partial charge in [-0.1, -0.05) is 0 Å². The van der Waals surface area contributed by atoms with E-state index in [9.17, 15) is 9.18 Å². The number of carbonyl (C=O) groups is 1. The van der Waals surface area contributed by atoms with E-state index in [-0.39, 0.29) is 6.42 Å². The molecule has 0 aromatic rings. The second-order valence-corrected chi connectivity index (χ2v) is 3.19. The van der Waals surface area contributed by atoms with Gasteiger partial charge in [0.1, 0.15) is 5.67 Å².